The maximum absolute atomic E-state index is 4.37. The molecular weight excluding hydrogens is 348 g/mol. The van der Waals surface area contributed by atoms with Crippen LogP contribution in [0.1, 0.15) is 5.56 Å². The van der Waals surface area contributed by atoms with Crippen LogP contribution < -0.4 is 10.6 Å². The number of benzene rings is 1. The number of hydrogen-bond acceptors (Lipinski definition) is 8. The molecule has 26 heavy (non-hydrogen) atoms. The molecule has 9 heteroatoms. The number of nitrogens with one attached hydrogen (secondary N) is 2. The van der Waals surface area contributed by atoms with Gasteiger partial charge in [0.25, 0.3) is 0 Å². The van der Waals surface area contributed by atoms with Gasteiger partial charge in [0.2, 0.25) is 0 Å². The second-order valence-corrected chi connectivity index (χ2v) is 6.82. The van der Waals surface area contributed by atoms with E-state index in [1.807, 2.05) is 11.6 Å². The number of hydrogen-bond donors (Lipinski definition) is 2. The van der Waals surface area contributed by atoms with Crippen LogP contribution in [-0.4, -0.2) is 36.5 Å². The van der Waals surface area contributed by atoms with E-state index in [0.717, 1.165) is 38.3 Å². The number of aromatic nitrogens is 6. The summed E-state index contributed by atoms with van der Waals surface area (Å²) in [4.78, 5) is 22.7. The van der Waals surface area contributed by atoms with Gasteiger partial charge in [-0.1, -0.05) is 17.8 Å². The van der Waals surface area contributed by atoms with Crippen molar-refractivity contribution in [1.82, 2.24) is 29.5 Å². The molecule has 128 valence electrons. The van der Waals surface area contributed by atoms with E-state index in [1.165, 1.54) is 6.33 Å². The molecular formula is C17H14N8S. The summed E-state index contributed by atoms with van der Waals surface area (Å²) in [6.45, 7) is 0.672. The first-order valence-corrected chi connectivity index (χ1v) is 8.86. The molecule has 4 heterocycles. The Morgan fingerprint density at radius 3 is 2.96 bits per heavy atom. The molecule has 0 saturated heterocycles. The predicted molar refractivity (Wildman–Crippen MR) is 99.9 cm³/mol. The summed E-state index contributed by atoms with van der Waals surface area (Å²) in [5.41, 5.74) is 3.76. The van der Waals surface area contributed by atoms with Crippen LogP contribution in [0.5, 0.6) is 0 Å². The van der Waals surface area contributed by atoms with Gasteiger partial charge in [-0.15, -0.1) is 0 Å². The molecule has 0 saturated carbocycles. The molecule has 1 aliphatic rings. The van der Waals surface area contributed by atoms with Gasteiger partial charge in [-0.3, -0.25) is 0 Å². The first kappa shape index (κ1) is 15.1. The average Bonchev–Trinajstić information content (AvgIpc) is 3.09. The maximum Gasteiger partial charge on any atom is 0.182 e. The Hall–Kier alpha value is -3.20. The highest BCUT2D eigenvalue weighted by molar-refractivity contribution is 7.99. The number of rotatable bonds is 3. The zero-order chi connectivity index (χ0) is 17.5. The summed E-state index contributed by atoms with van der Waals surface area (Å²) < 4.78 is 2.05. The van der Waals surface area contributed by atoms with Crippen molar-refractivity contribution in [2.24, 2.45) is 0 Å². The molecule has 0 atom stereocenters. The van der Waals surface area contributed by atoms with E-state index in [1.54, 1.807) is 30.5 Å². The minimum Gasteiger partial charge on any atom is -0.371 e. The summed E-state index contributed by atoms with van der Waals surface area (Å²) in [7, 11) is 1.84. The van der Waals surface area contributed by atoms with Crippen molar-refractivity contribution in [3.63, 3.8) is 0 Å². The summed E-state index contributed by atoms with van der Waals surface area (Å²) in [6.07, 6.45) is 6.71. The van der Waals surface area contributed by atoms with Crippen LogP contribution in [0, 0.1) is 0 Å². The third-order valence-electron chi connectivity index (χ3n) is 4.17. The topological polar surface area (TPSA) is 93.4 Å². The van der Waals surface area contributed by atoms with Crippen LogP contribution in [0.3, 0.4) is 0 Å². The number of nitrogens with zero attached hydrogens (tertiary/aromatic N) is 6. The first-order valence-electron chi connectivity index (χ1n) is 8.04. The molecule has 0 bridgehead atoms. The van der Waals surface area contributed by atoms with Crippen LogP contribution in [0.4, 0.5) is 17.3 Å². The molecule has 0 fully saturated rings. The molecule has 4 aromatic rings. The Morgan fingerprint density at radius 1 is 1.12 bits per heavy atom. The molecule has 0 amide bonds. The van der Waals surface area contributed by atoms with E-state index < -0.39 is 0 Å². The smallest absolute Gasteiger partial charge is 0.182 e. The van der Waals surface area contributed by atoms with Gasteiger partial charge in [0.15, 0.2) is 17.3 Å². The SMILES string of the molecule is CNc1ncnc2ncn(Cc3ccc4c(c3)Nc3nccnc3S4)c12. The minimum absolute atomic E-state index is 0.672. The van der Waals surface area contributed by atoms with Crippen LogP contribution in [0.15, 0.2) is 53.2 Å². The number of imidazole rings is 1. The third-order valence-corrected chi connectivity index (χ3v) is 5.24. The predicted octanol–water partition coefficient (Wildman–Crippen LogP) is 2.91. The minimum atomic E-state index is 0.672. The average molecular weight is 362 g/mol. The van der Waals surface area contributed by atoms with Crippen LogP contribution in [0.25, 0.3) is 11.2 Å². The van der Waals surface area contributed by atoms with Gasteiger partial charge in [0, 0.05) is 30.9 Å². The Morgan fingerprint density at radius 2 is 2.04 bits per heavy atom. The lowest BCUT2D eigenvalue weighted by Gasteiger charge is -2.19. The second-order valence-electron chi connectivity index (χ2n) is 5.78. The highest BCUT2D eigenvalue weighted by Crippen LogP contribution is 2.42. The fourth-order valence-corrected chi connectivity index (χ4v) is 3.87. The van der Waals surface area contributed by atoms with Gasteiger partial charge in [-0.2, -0.15) is 0 Å². The van der Waals surface area contributed by atoms with Gasteiger partial charge in [0.05, 0.1) is 12.0 Å². The molecule has 1 aromatic carbocycles. The quantitative estimate of drug-likeness (QED) is 0.506. The summed E-state index contributed by atoms with van der Waals surface area (Å²) in [5, 5.41) is 7.36. The lowest BCUT2D eigenvalue weighted by atomic mass is 10.2. The van der Waals surface area contributed by atoms with Crippen LogP contribution in [0.2, 0.25) is 0 Å². The Labute approximate surface area is 153 Å². The van der Waals surface area contributed by atoms with Gasteiger partial charge in [-0.25, -0.2) is 24.9 Å². The molecule has 5 rings (SSSR count). The van der Waals surface area contributed by atoms with E-state index in [-0.39, 0.29) is 0 Å². The monoisotopic (exact) mass is 362 g/mol. The van der Waals surface area contributed by atoms with E-state index >= 15 is 0 Å². The van der Waals surface area contributed by atoms with Crippen molar-refractivity contribution in [3.8, 4) is 0 Å². The van der Waals surface area contributed by atoms with Crippen molar-refractivity contribution in [3.05, 3.63) is 48.8 Å². The van der Waals surface area contributed by atoms with E-state index in [4.69, 9.17) is 0 Å². The van der Waals surface area contributed by atoms with Gasteiger partial charge < -0.3 is 15.2 Å². The molecule has 1 aliphatic heterocycles. The highest BCUT2D eigenvalue weighted by Gasteiger charge is 2.18. The molecule has 0 radical (unpaired) electrons. The molecule has 2 N–H and O–H groups in total. The molecule has 0 spiro atoms. The Balaban J connectivity index is 1.50. The number of anilines is 3. The van der Waals surface area contributed by atoms with Crippen molar-refractivity contribution in [1.29, 1.82) is 0 Å². The molecule has 3 aromatic heterocycles. The maximum atomic E-state index is 4.37. The fourth-order valence-electron chi connectivity index (χ4n) is 2.99. The molecule has 0 unspecified atom stereocenters. The zero-order valence-corrected chi connectivity index (χ0v) is 14.7. The first-order chi connectivity index (χ1) is 12.8. The molecule has 8 nitrogen and oxygen atoms in total. The van der Waals surface area contributed by atoms with Crippen molar-refractivity contribution in [2.45, 2.75) is 16.5 Å². The lowest BCUT2D eigenvalue weighted by molar-refractivity contribution is 0.822. The lowest BCUT2D eigenvalue weighted by Crippen LogP contribution is -2.06. The Kier molecular flexibility index (Phi) is 3.45. The van der Waals surface area contributed by atoms with Gasteiger partial charge in [-0.05, 0) is 17.7 Å². The fraction of sp³-hybridized carbons (Fsp3) is 0.118. The Bertz CT molecular complexity index is 1120. The summed E-state index contributed by atoms with van der Waals surface area (Å²) in [6, 6.07) is 6.35. The second kappa shape index (κ2) is 5.95. The van der Waals surface area contributed by atoms with Crippen molar-refractivity contribution < 1.29 is 0 Å². The van der Waals surface area contributed by atoms with Crippen LogP contribution >= 0.6 is 11.8 Å². The summed E-state index contributed by atoms with van der Waals surface area (Å²) >= 11 is 1.62. The van der Waals surface area contributed by atoms with Crippen LogP contribution in [-0.2, 0) is 6.54 Å². The highest BCUT2D eigenvalue weighted by atomic mass is 32.2. The standard InChI is InChI=1S/C17H14N8S/c1-18-14-13-15(22-8-21-14)23-9-25(13)7-10-2-3-12-11(6-10)24-16-17(26-12)20-5-4-19-16/h2-6,8-9H,7H2,1H3,(H,19,24)(H,18,21,22). The normalized spacial score (nSPS) is 12.3. The van der Waals surface area contributed by atoms with Crippen molar-refractivity contribution in [2.75, 3.05) is 17.7 Å². The van der Waals surface area contributed by atoms with E-state index in [9.17, 15) is 0 Å². The summed E-state index contributed by atoms with van der Waals surface area (Å²) in [5.74, 6) is 1.56. The largest absolute Gasteiger partial charge is 0.371 e. The van der Waals surface area contributed by atoms with Gasteiger partial charge in [0.1, 0.15) is 16.9 Å². The van der Waals surface area contributed by atoms with Gasteiger partial charge >= 0.3 is 0 Å². The van der Waals surface area contributed by atoms with E-state index in [2.05, 4.69) is 53.8 Å². The van der Waals surface area contributed by atoms with E-state index in [0.29, 0.717) is 12.2 Å². The zero-order valence-electron chi connectivity index (χ0n) is 13.8. The molecule has 0 aliphatic carbocycles. The van der Waals surface area contributed by atoms with Crippen molar-refractivity contribution >= 4 is 40.2 Å². The number of fused-ring (bicyclic) bond motifs is 3. The third kappa shape index (κ3) is 2.44.